The van der Waals surface area contributed by atoms with Gasteiger partial charge in [0, 0.05) is 37.8 Å². The second kappa shape index (κ2) is 6.12. The van der Waals surface area contributed by atoms with Gasteiger partial charge in [-0.05, 0) is 32.0 Å². The van der Waals surface area contributed by atoms with Crippen LogP contribution in [-0.4, -0.2) is 60.1 Å². The minimum atomic E-state index is 0.0954. The molecule has 0 spiro atoms. The first-order valence-corrected chi connectivity index (χ1v) is 7.62. The number of likely N-dealkylation sites (N-methyl/N-ethyl adjacent to an activating group) is 1. The van der Waals surface area contributed by atoms with Gasteiger partial charge in [-0.15, -0.1) is 0 Å². The first-order valence-electron chi connectivity index (χ1n) is 7.62. The fourth-order valence-corrected chi connectivity index (χ4v) is 3.32. The Bertz CT molecular complexity index is 520. The summed E-state index contributed by atoms with van der Waals surface area (Å²) in [6.07, 6.45) is 1.08. The third-order valence-electron chi connectivity index (χ3n) is 4.59. The normalized spacial score (nSPS) is 27.3. The highest BCUT2D eigenvalue weighted by Crippen LogP contribution is 2.25. The van der Waals surface area contributed by atoms with Crippen LogP contribution in [0.4, 0.5) is 0 Å². The summed E-state index contributed by atoms with van der Waals surface area (Å²) in [5.41, 5.74) is 2.16. The molecule has 0 bridgehead atoms. The number of likely N-dealkylation sites (tertiary alicyclic amines) is 1. The Labute approximate surface area is 125 Å². The van der Waals surface area contributed by atoms with Gasteiger partial charge in [-0.3, -0.25) is 14.7 Å². The zero-order valence-corrected chi connectivity index (χ0v) is 12.8. The third kappa shape index (κ3) is 3.24. The van der Waals surface area contributed by atoms with Gasteiger partial charge >= 0.3 is 0 Å². The first-order chi connectivity index (χ1) is 10.1. The molecule has 3 rings (SSSR count). The van der Waals surface area contributed by atoms with E-state index in [0.29, 0.717) is 12.5 Å². The van der Waals surface area contributed by atoms with Crippen LogP contribution in [0.1, 0.15) is 17.8 Å². The average Bonchev–Trinajstić information content (AvgIpc) is 2.60. The Kier molecular flexibility index (Phi) is 4.22. The summed E-state index contributed by atoms with van der Waals surface area (Å²) in [5, 5.41) is 0. The van der Waals surface area contributed by atoms with E-state index in [-0.39, 0.29) is 18.6 Å². The lowest BCUT2D eigenvalue weighted by atomic mass is 9.91. The van der Waals surface area contributed by atoms with Gasteiger partial charge in [0.05, 0.1) is 12.3 Å². The number of pyridine rings is 1. The number of hydrogen-bond acceptors (Lipinski definition) is 4. The minimum absolute atomic E-state index is 0.0954. The van der Waals surface area contributed by atoms with Crippen LogP contribution in [-0.2, 0) is 16.1 Å². The fraction of sp³-hybridized carbons (Fsp3) is 0.625. The second-order valence-corrected chi connectivity index (χ2v) is 6.14. The first kappa shape index (κ1) is 14.5. The highest BCUT2D eigenvalue weighted by atomic mass is 16.5. The number of fused-ring (bicyclic) bond motifs is 1. The van der Waals surface area contributed by atoms with Crippen molar-refractivity contribution in [2.45, 2.75) is 25.9 Å². The number of aryl methyl sites for hydroxylation is 1. The van der Waals surface area contributed by atoms with Crippen LogP contribution in [0.3, 0.4) is 0 Å². The number of ether oxygens (including phenoxy) is 1. The molecule has 21 heavy (non-hydrogen) atoms. The number of carbonyl (C=O) groups is 1. The van der Waals surface area contributed by atoms with Gasteiger partial charge in [0.1, 0.15) is 6.61 Å². The third-order valence-corrected chi connectivity index (χ3v) is 4.59. The van der Waals surface area contributed by atoms with Crippen LogP contribution in [0.5, 0.6) is 0 Å². The van der Waals surface area contributed by atoms with Crippen LogP contribution in [0.25, 0.3) is 0 Å². The summed E-state index contributed by atoms with van der Waals surface area (Å²) in [6, 6.07) is 6.41. The standard InChI is InChI=1S/C16H23N3O2/c1-12-4-3-5-14(17-12)8-19-7-6-13-10-21-11-16(20)18(2)15(13)9-19/h3-5,13,15H,6-11H2,1-2H3/t13-,15-/m0/s1. The van der Waals surface area contributed by atoms with E-state index >= 15 is 0 Å². The van der Waals surface area contributed by atoms with Gasteiger partial charge in [-0.1, -0.05) is 6.07 Å². The number of rotatable bonds is 2. The summed E-state index contributed by atoms with van der Waals surface area (Å²) in [6.45, 7) is 5.76. The van der Waals surface area contributed by atoms with E-state index < -0.39 is 0 Å². The molecule has 0 aromatic carbocycles. The number of nitrogens with zero attached hydrogens (tertiary/aromatic N) is 3. The summed E-state index contributed by atoms with van der Waals surface area (Å²) in [5.74, 6) is 0.557. The maximum Gasteiger partial charge on any atom is 0.248 e. The van der Waals surface area contributed by atoms with Crippen molar-refractivity contribution in [1.82, 2.24) is 14.8 Å². The second-order valence-electron chi connectivity index (χ2n) is 6.14. The van der Waals surface area contributed by atoms with Crippen molar-refractivity contribution in [2.75, 3.05) is 33.4 Å². The molecule has 5 heteroatoms. The monoisotopic (exact) mass is 289 g/mol. The zero-order valence-electron chi connectivity index (χ0n) is 12.8. The van der Waals surface area contributed by atoms with E-state index in [1.165, 1.54) is 0 Å². The molecular weight excluding hydrogens is 266 g/mol. The van der Waals surface area contributed by atoms with E-state index in [1.54, 1.807) is 0 Å². The van der Waals surface area contributed by atoms with Crippen molar-refractivity contribution in [3.63, 3.8) is 0 Å². The predicted molar refractivity (Wildman–Crippen MR) is 79.7 cm³/mol. The molecule has 5 nitrogen and oxygen atoms in total. The Balaban J connectivity index is 1.68. The molecule has 1 amide bonds. The van der Waals surface area contributed by atoms with E-state index in [9.17, 15) is 4.79 Å². The number of piperidine rings is 1. The Morgan fingerprint density at radius 1 is 1.43 bits per heavy atom. The van der Waals surface area contributed by atoms with Crippen molar-refractivity contribution in [2.24, 2.45) is 5.92 Å². The Morgan fingerprint density at radius 3 is 3.10 bits per heavy atom. The predicted octanol–water partition coefficient (Wildman–Crippen LogP) is 1.07. The van der Waals surface area contributed by atoms with Crippen LogP contribution in [0.2, 0.25) is 0 Å². The SMILES string of the molecule is Cc1cccc(CN2CC[C@H]3COCC(=O)N(C)[C@H]3C2)n1. The van der Waals surface area contributed by atoms with Crippen molar-refractivity contribution in [1.29, 1.82) is 0 Å². The van der Waals surface area contributed by atoms with Crippen LogP contribution < -0.4 is 0 Å². The lowest BCUT2D eigenvalue weighted by Crippen LogP contribution is -2.52. The number of amides is 1. The van der Waals surface area contributed by atoms with Crippen LogP contribution in [0, 0.1) is 12.8 Å². The molecule has 1 aromatic heterocycles. The molecule has 2 saturated heterocycles. The van der Waals surface area contributed by atoms with Gasteiger partial charge in [0.15, 0.2) is 0 Å². The summed E-state index contributed by atoms with van der Waals surface area (Å²) in [7, 11) is 1.91. The van der Waals surface area contributed by atoms with Crippen LogP contribution >= 0.6 is 0 Å². The maximum absolute atomic E-state index is 11.9. The van der Waals surface area contributed by atoms with Crippen LogP contribution in [0.15, 0.2) is 18.2 Å². The number of carbonyl (C=O) groups excluding carboxylic acids is 1. The quantitative estimate of drug-likeness (QED) is 0.817. The average molecular weight is 289 g/mol. The van der Waals surface area contributed by atoms with E-state index in [2.05, 4.69) is 22.0 Å². The molecule has 0 unspecified atom stereocenters. The molecule has 0 saturated carbocycles. The zero-order chi connectivity index (χ0) is 14.8. The fourth-order valence-electron chi connectivity index (χ4n) is 3.32. The molecule has 2 atom stereocenters. The van der Waals surface area contributed by atoms with Gasteiger partial charge in [0.25, 0.3) is 0 Å². The molecule has 2 fully saturated rings. The maximum atomic E-state index is 11.9. The molecule has 114 valence electrons. The van der Waals surface area contributed by atoms with Gasteiger partial charge < -0.3 is 9.64 Å². The number of hydrogen-bond donors (Lipinski definition) is 0. The highest BCUT2D eigenvalue weighted by Gasteiger charge is 2.36. The van der Waals surface area contributed by atoms with Gasteiger partial charge in [-0.2, -0.15) is 0 Å². The van der Waals surface area contributed by atoms with E-state index in [0.717, 1.165) is 37.4 Å². The Hall–Kier alpha value is -1.46. The van der Waals surface area contributed by atoms with Crippen molar-refractivity contribution in [3.8, 4) is 0 Å². The summed E-state index contributed by atoms with van der Waals surface area (Å²) < 4.78 is 5.49. The topological polar surface area (TPSA) is 45.7 Å². The Morgan fingerprint density at radius 2 is 2.29 bits per heavy atom. The van der Waals surface area contributed by atoms with Gasteiger partial charge in [0.2, 0.25) is 5.91 Å². The molecule has 0 aliphatic carbocycles. The minimum Gasteiger partial charge on any atom is -0.371 e. The van der Waals surface area contributed by atoms with Gasteiger partial charge in [-0.25, -0.2) is 0 Å². The van der Waals surface area contributed by atoms with Crippen molar-refractivity contribution < 1.29 is 9.53 Å². The molecule has 0 radical (unpaired) electrons. The molecule has 2 aliphatic heterocycles. The number of aromatic nitrogens is 1. The summed E-state index contributed by atoms with van der Waals surface area (Å²) in [4.78, 5) is 20.8. The summed E-state index contributed by atoms with van der Waals surface area (Å²) >= 11 is 0. The molecule has 3 heterocycles. The smallest absolute Gasteiger partial charge is 0.248 e. The largest absolute Gasteiger partial charge is 0.371 e. The molecular formula is C16H23N3O2. The molecule has 1 aromatic rings. The molecule has 0 N–H and O–H groups in total. The van der Waals surface area contributed by atoms with E-state index in [1.807, 2.05) is 24.9 Å². The van der Waals surface area contributed by atoms with Crippen molar-refractivity contribution in [3.05, 3.63) is 29.6 Å². The van der Waals surface area contributed by atoms with E-state index in [4.69, 9.17) is 4.74 Å². The molecule has 2 aliphatic rings. The van der Waals surface area contributed by atoms with Crippen molar-refractivity contribution >= 4 is 5.91 Å². The highest BCUT2D eigenvalue weighted by molar-refractivity contribution is 5.77. The lowest BCUT2D eigenvalue weighted by Gasteiger charge is -2.41. The lowest BCUT2D eigenvalue weighted by molar-refractivity contribution is -0.134.